The van der Waals surface area contributed by atoms with E-state index in [1.165, 1.54) is 36.1 Å². The average molecular weight is 475 g/mol. The summed E-state index contributed by atoms with van der Waals surface area (Å²) < 4.78 is 5.27. The lowest BCUT2D eigenvalue weighted by Gasteiger charge is -2.20. The van der Waals surface area contributed by atoms with Crippen molar-refractivity contribution in [3.63, 3.8) is 0 Å². The van der Waals surface area contributed by atoms with Crippen molar-refractivity contribution in [2.75, 3.05) is 17.5 Å². The highest BCUT2D eigenvalue weighted by Gasteiger charge is 2.16. The number of carbonyl (C=O) groups is 2. The molecule has 35 heavy (non-hydrogen) atoms. The van der Waals surface area contributed by atoms with Gasteiger partial charge in [-0.1, -0.05) is 12.1 Å². The number of phenols is 1. The molecular formula is C26H26N4O5. The van der Waals surface area contributed by atoms with E-state index in [0.717, 1.165) is 18.5 Å². The lowest BCUT2D eigenvalue weighted by molar-refractivity contribution is -0.102. The predicted octanol–water partition coefficient (Wildman–Crippen LogP) is 4.71. The quantitative estimate of drug-likeness (QED) is 0.187. The Morgan fingerprint density at radius 2 is 1.89 bits per heavy atom. The minimum atomic E-state index is -1.21. The summed E-state index contributed by atoms with van der Waals surface area (Å²) in [7, 11) is 1.81. The smallest absolute Gasteiger partial charge is 0.371 e. The first kappa shape index (κ1) is 23.7. The van der Waals surface area contributed by atoms with Gasteiger partial charge in [0.25, 0.3) is 0 Å². The van der Waals surface area contributed by atoms with Crippen molar-refractivity contribution >= 4 is 35.1 Å². The van der Waals surface area contributed by atoms with Gasteiger partial charge in [0.2, 0.25) is 5.76 Å². The number of carboxylic acids is 1. The standard InChI is InChI=1S/C26H26N4O5/c1-16(29-30(2)19-11-10-17-6-3-4-7-18(17)14-19)22(15-31)28-27-21-9-5-8-20(25(21)32)23-12-13-24(35-23)26(33)34/h5,8-15,27,32H,3-4,6-7H2,1-2H3,(H,33,34)/b28-22+,29-16-. The van der Waals surface area contributed by atoms with Gasteiger partial charge in [-0.05, 0) is 80.1 Å². The Hall–Kier alpha value is -4.40. The van der Waals surface area contributed by atoms with E-state index in [-0.39, 0.29) is 34.2 Å². The second kappa shape index (κ2) is 10.3. The van der Waals surface area contributed by atoms with Crippen LogP contribution in [0.3, 0.4) is 0 Å². The third kappa shape index (κ3) is 5.24. The van der Waals surface area contributed by atoms with Crippen LogP contribution in [0, 0.1) is 0 Å². The number of phenolic OH excluding ortho intramolecular Hbond substituents is 1. The van der Waals surface area contributed by atoms with Crippen LogP contribution in [-0.4, -0.2) is 40.9 Å². The first-order chi connectivity index (χ1) is 16.9. The van der Waals surface area contributed by atoms with Gasteiger partial charge in [0.05, 0.1) is 22.6 Å². The molecule has 0 saturated carbocycles. The maximum atomic E-state index is 11.7. The van der Waals surface area contributed by atoms with E-state index in [9.17, 15) is 14.7 Å². The second-order valence-corrected chi connectivity index (χ2v) is 8.27. The molecule has 0 unspecified atom stereocenters. The Morgan fingerprint density at radius 3 is 2.60 bits per heavy atom. The molecule has 0 fully saturated rings. The minimum Gasteiger partial charge on any atom is -0.505 e. The molecule has 4 rings (SSSR count). The third-order valence-electron chi connectivity index (χ3n) is 5.90. The largest absolute Gasteiger partial charge is 0.505 e. The Bertz CT molecular complexity index is 1330. The maximum Gasteiger partial charge on any atom is 0.371 e. The molecular weight excluding hydrogens is 448 g/mol. The van der Waals surface area contributed by atoms with Crippen molar-refractivity contribution < 1.29 is 24.2 Å². The normalized spacial score (nSPS) is 13.8. The summed E-state index contributed by atoms with van der Waals surface area (Å²) in [5.74, 6) is -1.46. The van der Waals surface area contributed by atoms with Crippen LogP contribution in [0.1, 0.15) is 41.4 Å². The van der Waals surface area contributed by atoms with Gasteiger partial charge < -0.3 is 14.6 Å². The van der Waals surface area contributed by atoms with Crippen molar-refractivity contribution in [1.29, 1.82) is 0 Å². The number of aldehydes is 1. The fourth-order valence-corrected chi connectivity index (χ4v) is 4.00. The molecule has 9 nitrogen and oxygen atoms in total. The van der Waals surface area contributed by atoms with Gasteiger partial charge in [0, 0.05) is 7.05 Å². The number of fused-ring (bicyclic) bond motifs is 1. The topological polar surface area (TPSA) is 128 Å². The molecule has 9 heteroatoms. The van der Waals surface area contributed by atoms with Gasteiger partial charge in [-0.15, -0.1) is 0 Å². The van der Waals surface area contributed by atoms with E-state index in [1.807, 2.05) is 13.1 Å². The average Bonchev–Trinajstić information content (AvgIpc) is 3.35. The zero-order valence-corrected chi connectivity index (χ0v) is 19.5. The molecule has 3 N–H and O–H groups in total. The number of aromatic hydroxyl groups is 1. The SMILES string of the molecule is CC(=N/N(C)c1ccc2c(c1)CCCC2)/C(C=O)=N/Nc1cccc(-c2ccc(C(=O)O)o2)c1O. The predicted molar refractivity (Wildman–Crippen MR) is 134 cm³/mol. The highest BCUT2D eigenvalue weighted by Crippen LogP contribution is 2.36. The highest BCUT2D eigenvalue weighted by atomic mass is 16.4. The first-order valence-electron chi connectivity index (χ1n) is 11.2. The van der Waals surface area contributed by atoms with Crippen LogP contribution in [0.15, 0.2) is 63.2 Å². The number of benzene rings is 2. The second-order valence-electron chi connectivity index (χ2n) is 8.27. The van der Waals surface area contributed by atoms with E-state index < -0.39 is 5.97 Å². The van der Waals surface area contributed by atoms with Crippen LogP contribution >= 0.6 is 0 Å². The molecule has 1 aliphatic carbocycles. The van der Waals surface area contributed by atoms with E-state index in [4.69, 9.17) is 9.52 Å². The van der Waals surface area contributed by atoms with Gasteiger partial charge in [0.15, 0.2) is 12.0 Å². The lowest BCUT2D eigenvalue weighted by Crippen LogP contribution is -2.20. The fourth-order valence-electron chi connectivity index (χ4n) is 4.00. The molecule has 1 aromatic heterocycles. The van der Waals surface area contributed by atoms with Gasteiger partial charge in [0.1, 0.15) is 11.5 Å². The molecule has 0 aliphatic heterocycles. The summed E-state index contributed by atoms with van der Waals surface area (Å²) in [6, 6.07) is 13.8. The van der Waals surface area contributed by atoms with E-state index in [0.29, 0.717) is 12.0 Å². The van der Waals surface area contributed by atoms with Crippen LogP contribution in [0.25, 0.3) is 11.3 Å². The number of hydrogen-bond donors (Lipinski definition) is 3. The molecule has 1 aliphatic rings. The molecule has 3 aromatic rings. The van der Waals surface area contributed by atoms with Gasteiger partial charge in [-0.2, -0.15) is 10.2 Å². The number of nitrogens with one attached hydrogen (secondary N) is 1. The summed E-state index contributed by atoms with van der Waals surface area (Å²) in [4.78, 5) is 22.8. The van der Waals surface area contributed by atoms with E-state index in [2.05, 4.69) is 27.8 Å². The summed E-state index contributed by atoms with van der Waals surface area (Å²) in [6.07, 6.45) is 5.14. The van der Waals surface area contributed by atoms with Crippen molar-refractivity contribution in [2.24, 2.45) is 10.2 Å². The van der Waals surface area contributed by atoms with Gasteiger partial charge in [-0.3, -0.25) is 15.2 Å². The van der Waals surface area contributed by atoms with Gasteiger partial charge in [-0.25, -0.2) is 4.79 Å². The summed E-state index contributed by atoms with van der Waals surface area (Å²) >= 11 is 0. The molecule has 0 radical (unpaired) electrons. The first-order valence-corrected chi connectivity index (χ1v) is 11.2. The molecule has 0 saturated heterocycles. The monoisotopic (exact) mass is 474 g/mol. The number of aromatic carboxylic acids is 1. The maximum absolute atomic E-state index is 11.7. The van der Waals surface area contributed by atoms with E-state index in [1.54, 1.807) is 30.1 Å². The van der Waals surface area contributed by atoms with Crippen LogP contribution in [-0.2, 0) is 17.6 Å². The summed E-state index contributed by atoms with van der Waals surface area (Å²) in [5, 5.41) is 30.0. The Morgan fingerprint density at radius 1 is 1.11 bits per heavy atom. The third-order valence-corrected chi connectivity index (χ3v) is 5.90. The van der Waals surface area contributed by atoms with Crippen LogP contribution in [0.2, 0.25) is 0 Å². The molecule has 1 heterocycles. The molecule has 0 bridgehead atoms. The van der Waals surface area contributed by atoms with Crippen LogP contribution in [0.4, 0.5) is 11.4 Å². The van der Waals surface area contributed by atoms with Crippen molar-refractivity contribution in [3.8, 4) is 17.1 Å². The number of aryl methyl sites for hydroxylation is 2. The molecule has 0 atom stereocenters. The van der Waals surface area contributed by atoms with Crippen molar-refractivity contribution in [3.05, 3.63) is 65.4 Å². The summed E-state index contributed by atoms with van der Waals surface area (Å²) in [6.45, 7) is 1.68. The number of furan rings is 1. The van der Waals surface area contributed by atoms with Crippen molar-refractivity contribution in [2.45, 2.75) is 32.6 Å². The Labute approximate surface area is 202 Å². The number of carbonyl (C=O) groups excluding carboxylic acids is 1. The molecule has 0 amide bonds. The lowest BCUT2D eigenvalue weighted by atomic mass is 9.91. The van der Waals surface area contributed by atoms with Crippen molar-refractivity contribution in [1.82, 2.24) is 0 Å². The van der Waals surface area contributed by atoms with E-state index >= 15 is 0 Å². The number of anilines is 2. The number of nitrogens with zero attached hydrogens (tertiary/aromatic N) is 3. The number of para-hydroxylation sites is 1. The number of hydrazone groups is 2. The van der Waals surface area contributed by atoms with Crippen LogP contribution in [0.5, 0.6) is 5.75 Å². The van der Waals surface area contributed by atoms with Crippen LogP contribution < -0.4 is 10.4 Å². The molecule has 0 spiro atoms. The number of rotatable bonds is 8. The zero-order valence-electron chi connectivity index (χ0n) is 19.5. The van der Waals surface area contributed by atoms with Gasteiger partial charge >= 0.3 is 5.97 Å². The Balaban J connectivity index is 1.53. The molecule has 2 aromatic carbocycles. The Kier molecular flexibility index (Phi) is 6.96. The number of hydrogen-bond acceptors (Lipinski definition) is 8. The summed E-state index contributed by atoms with van der Waals surface area (Å²) in [5.41, 5.74) is 7.27. The minimum absolute atomic E-state index is 0.0609. The zero-order chi connectivity index (χ0) is 24.9. The molecule has 180 valence electrons. The fraction of sp³-hybridized carbons (Fsp3) is 0.231. The number of carboxylic acid groups (broad SMARTS) is 1. The highest BCUT2D eigenvalue weighted by molar-refractivity contribution is 6.61.